The van der Waals surface area contributed by atoms with Crippen LogP contribution in [0.15, 0.2) is 39.8 Å². The summed E-state index contributed by atoms with van der Waals surface area (Å²) in [5.41, 5.74) is 2.79. The molecule has 12 heteroatoms. The number of methoxy groups -OCH3 is 1. The summed E-state index contributed by atoms with van der Waals surface area (Å²) in [6, 6.07) is 7.82. The Bertz CT molecular complexity index is 998. The van der Waals surface area contributed by atoms with E-state index in [4.69, 9.17) is 14.5 Å². The minimum Gasteiger partial charge on any atom is -0.484 e. The van der Waals surface area contributed by atoms with Gasteiger partial charge in [0.2, 0.25) is 10.0 Å². The SMILES string of the molecule is COC1=NC=NC2SC(c3ccc(C)cc3)=C(CCS(=O)(=O)NP(=O)(O)O)C12. The first-order valence-electron chi connectivity index (χ1n) is 8.27. The Balaban J connectivity index is 1.96. The zero-order valence-corrected chi connectivity index (χ0v) is 17.7. The number of aryl methyl sites for hydroxylation is 1. The molecule has 2 unspecified atom stereocenters. The molecule has 2 heterocycles. The molecule has 0 aromatic heterocycles. The molecule has 0 aliphatic carbocycles. The smallest absolute Gasteiger partial charge is 0.413 e. The monoisotopic (exact) mass is 445 g/mol. The minimum absolute atomic E-state index is 0.0601. The zero-order chi connectivity index (χ0) is 20.5. The lowest BCUT2D eigenvalue weighted by molar-refractivity contribution is 0.367. The number of rotatable bonds is 6. The van der Waals surface area contributed by atoms with Gasteiger partial charge in [-0.25, -0.2) is 18.0 Å². The van der Waals surface area contributed by atoms with Gasteiger partial charge < -0.3 is 14.5 Å². The topological polar surface area (TPSA) is 138 Å². The number of nitrogens with zero attached hydrogens (tertiary/aromatic N) is 2. The second-order valence-corrected chi connectivity index (χ2v) is 10.9. The lowest BCUT2D eigenvalue weighted by Gasteiger charge is -2.22. The molecule has 0 bridgehead atoms. The fraction of sp³-hybridized carbons (Fsp3) is 0.375. The third kappa shape index (κ3) is 4.91. The van der Waals surface area contributed by atoms with E-state index < -0.39 is 23.5 Å². The average Bonchev–Trinajstić information content (AvgIpc) is 2.97. The molecule has 0 spiro atoms. The largest absolute Gasteiger partial charge is 0.484 e. The van der Waals surface area contributed by atoms with Crippen molar-refractivity contribution in [3.63, 3.8) is 0 Å². The first-order valence-corrected chi connectivity index (χ1v) is 12.4. The number of sulfonamides is 1. The van der Waals surface area contributed by atoms with Gasteiger partial charge in [0, 0.05) is 4.91 Å². The molecule has 0 saturated heterocycles. The van der Waals surface area contributed by atoms with E-state index in [2.05, 4.69) is 9.98 Å². The molecule has 3 N–H and O–H groups in total. The fourth-order valence-corrected chi connectivity index (χ4v) is 6.81. The van der Waals surface area contributed by atoms with Crippen LogP contribution in [0.2, 0.25) is 0 Å². The number of thioether (sulfide) groups is 1. The van der Waals surface area contributed by atoms with Crippen LogP contribution in [0.4, 0.5) is 0 Å². The maximum Gasteiger partial charge on any atom is 0.413 e. The Morgan fingerprint density at radius 1 is 1.29 bits per heavy atom. The molecule has 0 fully saturated rings. The summed E-state index contributed by atoms with van der Waals surface area (Å²) < 4.78 is 41.9. The van der Waals surface area contributed by atoms with Gasteiger partial charge in [0.15, 0.2) is 5.90 Å². The van der Waals surface area contributed by atoms with Gasteiger partial charge in [0.1, 0.15) is 11.7 Å². The number of nitrogens with one attached hydrogen (secondary N) is 1. The van der Waals surface area contributed by atoms with Crippen LogP contribution >= 0.6 is 19.5 Å². The Hall–Kier alpha value is -1.49. The highest BCUT2D eigenvalue weighted by molar-refractivity contribution is 8.09. The molecule has 0 radical (unpaired) electrons. The van der Waals surface area contributed by atoms with Crippen LogP contribution in [0.1, 0.15) is 17.5 Å². The molecule has 2 aliphatic rings. The van der Waals surface area contributed by atoms with E-state index >= 15 is 0 Å². The van der Waals surface area contributed by atoms with Crippen LogP contribution < -0.4 is 4.49 Å². The van der Waals surface area contributed by atoms with E-state index in [1.807, 2.05) is 31.2 Å². The Kier molecular flexibility index (Phi) is 6.14. The van der Waals surface area contributed by atoms with Crippen molar-refractivity contribution in [1.82, 2.24) is 4.49 Å². The standard InChI is InChI=1S/C16H20N3O6PS2/c1-10-3-5-11(6-4-10)14-12(7-8-28(23,24)19-26(20,21)22)13-15(25-2)17-9-18-16(13)27-14/h3-6,9,13,16H,7-8H2,1-2H3,(H3,19,20,21,22). The summed E-state index contributed by atoms with van der Waals surface area (Å²) in [4.78, 5) is 27.2. The number of benzene rings is 1. The summed E-state index contributed by atoms with van der Waals surface area (Å²) in [6.07, 6.45) is 1.49. The van der Waals surface area contributed by atoms with Crippen LogP contribution in [-0.4, -0.2) is 48.7 Å². The van der Waals surface area contributed by atoms with Crippen molar-refractivity contribution in [1.29, 1.82) is 0 Å². The number of ether oxygens (including phenoxy) is 1. The van der Waals surface area contributed by atoms with Crippen molar-refractivity contribution < 1.29 is 27.5 Å². The van der Waals surface area contributed by atoms with Gasteiger partial charge in [-0.15, -0.1) is 4.49 Å². The van der Waals surface area contributed by atoms with Gasteiger partial charge in [0.25, 0.3) is 0 Å². The number of hydrogen-bond donors (Lipinski definition) is 3. The maximum atomic E-state index is 12.1. The van der Waals surface area contributed by atoms with E-state index in [0.29, 0.717) is 5.90 Å². The van der Waals surface area contributed by atoms with Crippen molar-refractivity contribution >= 4 is 46.7 Å². The Labute approximate surface area is 167 Å². The van der Waals surface area contributed by atoms with Crippen LogP contribution in [0.3, 0.4) is 0 Å². The molecular formula is C16H20N3O6PS2. The van der Waals surface area contributed by atoms with E-state index in [1.165, 1.54) is 29.7 Å². The molecule has 152 valence electrons. The Morgan fingerprint density at radius 3 is 2.57 bits per heavy atom. The number of hydrogen-bond acceptors (Lipinski definition) is 7. The first-order chi connectivity index (χ1) is 13.1. The maximum absolute atomic E-state index is 12.1. The predicted octanol–water partition coefficient (Wildman–Crippen LogP) is 1.88. The molecular weight excluding hydrogens is 425 g/mol. The molecule has 1 aromatic carbocycles. The summed E-state index contributed by atoms with van der Waals surface area (Å²) in [5, 5.41) is -0.226. The van der Waals surface area contributed by atoms with E-state index in [9.17, 15) is 13.0 Å². The summed E-state index contributed by atoms with van der Waals surface area (Å²) in [5.74, 6) is -0.376. The third-order valence-electron chi connectivity index (χ3n) is 4.28. The highest BCUT2D eigenvalue weighted by Crippen LogP contribution is 2.50. The Morgan fingerprint density at radius 2 is 1.96 bits per heavy atom. The van der Waals surface area contributed by atoms with Gasteiger partial charge in [-0.2, -0.15) is 0 Å². The molecule has 3 rings (SSSR count). The van der Waals surface area contributed by atoms with Gasteiger partial charge in [0.05, 0.1) is 18.8 Å². The molecule has 0 saturated carbocycles. The van der Waals surface area contributed by atoms with Gasteiger partial charge >= 0.3 is 7.75 Å². The predicted molar refractivity (Wildman–Crippen MR) is 109 cm³/mol. The van der Waals surface area contributed by atoms with Crippen molar-refractivity contribution in [3.8, 4) is 0 Å². The summed E-state index contributed by atoms with van der Waals surface area (Å²) in [6.45, 7) is 1.97. The van der Waals surface area contributed by atoms with E-state index in [0.717, 1.165) is 21.6 Å². The van der Waals surface area contributed by atoms with Crippen LogP contribution in [0.25, 0.3) is 4.91 Å². The van der Waals surface area contributed by atoms with Crippen LogP contribution in [0, 0.1) is 12.8 Å². The normalized spacial score (nSPS) is 22.2. The third-order valence-corrected chi connectivity index (χ3v) is 8.45. The number of fused-ring (bicyclic) bond motifs is 1. The van der Waals surface area contributed by atoms with Crippen molar-refractivity contribution in [2.45, 2.75) is 18.7 Å². The fourth-order valence-electron chi connectivity index (χ4n) is 3.08. The molecule has 1 aromatic rings. The summed E-state index contributed by atoms with van der Waals surface area (Å²) >= 11 is 1.50. The molecule has 0 amide bonds. The zero-order valence-electron chi connectivity index (χ0n) is 15.1. The van der Waals surface area contributed by atoms with Crippen molar-refractivity contribution in [2.24, 2.45) is 15.9 Å². The van der Waals surface area contributed by atoms with E-state index in [-0.39, 0.29) is 17.7 Å². The van der Waals surface area contributed by atoms with Gasteiger partial charge in [-0.1, -0.05) is 41.6 Å². The van der Waals surface area contributed by atoms with Crippen LogP contribution in [-0.2, 0) is 19.3 Å². The second kappa shape index (κ2) is 8.10. The molecule has 2 aliphatic heterocycles. The second-order valence-electron chi connectivity index (χ2n) is 6.35. The molecule has 28 heavy (non-hydrogen) atoms. The van der Waals surface area contributed by atoms with Crippen molar-refractivity contribution in [3.05, 3.63) is 41.0 Å². The van der Waals surface area contributed by atoms with Crippen molar-refractivity contribution in [2.75, 3.05) is 12.9 Å². The van der Waals surface area contributed by atoms with Gasteiger partial charge in [-0.05, 0) is 24.5 Å². The van der Waals surface area contributed by atoms with Crippen LogP contribution in [0.5, 0.6) is 0 Å². The highest BCUT2D eigenvalue weighted by Gasteiger charge is 2.41. The molecule has 9 nitrogen and oxygen atoms in total. The quantitative estimate of drug-likeness (QED) is 0.569. The minimum atomic E-state index is -4.91. The van der Waals surface area contributed by atoms with E-state index in [1.54, 1.807) is 0 Å². The highest BCUT2D eigenvalue weighted by atomic mass is 32.2. The molecule has 2 atom stereocenters. The average molecular weight is 445 g/mol. The first kappa shape index (κ1) is 21.2. The number of aliphatic imine (C=N–C) groups is 2. The summed E-state index contributed by atoms with van der Waals surface area (Å²) in [7, 11) is -7.59. The van der Waals surface area contributed by atoms with Gasteiger partial charge in [-0.3, -0.25) is 4.99 Å². The lowest BCUT2D eigenvalue weighted by Crippen LogP contribution is -2.29. The lowest BCUT2D eigenvalue weighted by atomic mass is 9.93.